The minimum absolute atomic E-state index is 0.583. The van der Waals surface area contributed by atoms with Crippen LogP contribution in [0.5, 0.6) is 0 Å². The van der Waals surface area contributed by atoms with Gasteiger partial charge >= 0.3 is 0 Å². The van der Waals surface area contributed by atoms with Crippen LogP contribution >= 0.6 is 0 Å². The van der Waals surface area contributed by atoms with E-state index in [2.05, 4.69) is 27.0 Å². The summed E-state index contributed by atoms with van der Waals surface area (Å²) in [5.74, 6) is 2.79. The highest BCUT2D eigenvalue weighted by atomic mass is 15.3. The van der Waals surface area contributed by atoms with Gasteiger partial charge in [0.05, 0.1) is 0 Å². The Kier molecular flexibility index (Phi) is 3.14. The van der Waals surface area contributed by atoms with Crippen LogP contribution in [-0.4, -0.2) is 27.9 Å². The van der Waals surface area contributed by atoms with Crippen molar-refractivity contribution in [3.05, 3.63) is 12.2 Å². The Bertz CT molecular complexity index is 359. The van der Waals surface area contributed by atoms with Gasteiger partial charge in [0, 0.05) is 18.5 Å². The molecule has 1 N–H and O–H groups in total. The Morgan fingerprint density at radius 2 is 2.06 bits per heavy atom. The van der Waals surface area contributed by atoms with E-state index in [9.17, 15) is 0 Å². The molecule has 2 fully saturated rings. The highest BCUT2D eigenvalue weighted by molar-refractivity contribution is 5.01. The third-order valence-electron chi connectivity index (χ3n) is 4.41. The zero-order valence-electron chi connectivity index (χ0n) is 10.6. The predicted molar refractivity (Wildman–Crippen MR) is 66.9 cm³/mol. The van der Waals surface area contributed by atoms with Crippen molar-refractivity contribution < 1.29 is 0 Å². The summed E-state index contributed by atoms with van der Waals surface area (Å²) in [6.07, 6.45) is 8.43. The molecule has 0 amide bonds. The summed E-state index contributed by atoms with van der Waals surface area (Å²) < 4.78 is 2.33. The largest absolute Gasteiger partial charge is 0.315 e. The van der Waals surface area contributed by atoms with Crippen LogP contribution in [0.15, 0.2) is 6.33 Å². The molecule has 0 aromatic carbocycles. The number of hydrogen-bond acceptors (Lipinski definition) is 3. The third-order valence-corrected chi connectivity index (χ3v) is 4.41. The minimum atomic E-state index is 0.583. The van der Waals surface area contributed by atoms with Crippen LogP contribution in [0.2, 0.25) is 0 Å². The van der Waals surface area contributed by atoms with Crippen molar-refractivity contribution in [3.63, 3.8) is 0 Å². The van der Waals surface area contributed by atoms with Crippen LogP contribution in [0.25, 0.3) is 0 Å². The van der Waals surface area contributed by atoms with E-state index >= 15 is 0 Å². The maximum absolute atomic E-state index is 4.39. The Balaban J connectivity index is 1.76. The van der Waals surface area contributed by atoms with Gasteiger partial charge in [-0.15, -0.1) is 10.2 Å². The standard InChI is InChI=1S/C13H22N4/c1-10-2-4-11(5-3-10)13-16-15-9-17(13)12-6-7-14-8-12/h9-12,14H,2-8H2,1H3. The van der Waals surface area contributed by atoms with Crippen molar-refractivity contribution in [1.82, 2.24) is 20.1 Å². The van der Waals surface area contributed by atoms with Crippen LogP contribution in [0, 0.1) is 5.92 Å². The molecule has 2 heterocycles. The Morgan fingerprint density at radius 1 is 1.24 bits per heavy atom. The van der Waals surface area contributed by atoms with E-state index in [0.29, 0.717) is 12.0 Å². The van der Waals surface area contributed by atoms with Crippen molar-refractivity contribution in [2.75, 3.05) is 13.1 Å². The fourth-order valence-electron chi connectivity index (χ4n) is 3.22. The lowest BCUT2D eigenvalue weighted by Gasteiger charge is -2.26. The number of nitrogens with zero attached hydrogens (tertiary/aromatic N) is 3. The second kappa shape index (κ2) is 4.77. The molecule has 1 saturated heterocycles. The molecule has 94 valence electrons. The SMILES string of the molecule is CC1CCC(c2nncn2C2CCNC2)CC1. The lowest BCUT2D eigenvalue weighted by atomic mass is 9.82. The third kappa shape index (κ3) is 2.23. The van der Waals surface area contributed by atoms with Crippen molar-refractivity contribution in [2.45, 2.75) is 51.0 Å². The van der Waals surface area contributed by atoms with Gasteiger partial charge in [0.25, 0.3) is 0 Å². The van der Waals surface area contributed by atoms with Gasteiger partial charge < -0.3 is 9.88 Å². The van der Waals surface area contributed by atoms with E-state index in [4.69, 9.17) is 0 Å². The molecule has 3 rings (SSSR count). The molecular formula is C13H22N4. The molecule has 4 heteroatoms. The number of nitrogens with one attached hydrogen (secondary N) is 1. The van der Waals surface area contributed by atoms with Crippen LogP contribution in [0.1, 0.15) is 56.8 Å². The van der Waals surface area contributed by atoms with Gasteiger partial charge in [-0.3, -0.25) is 0 Å². The summed E-state index contributed by atoms with van der Waals surface area (Å²) in [7, 11) is 0. The molecular weight excluding hydrogens is 212 g/mol. The highest BCUT2D eigenvalue weighted by Gasteiger charge is 2.27. The van der Waals surface area contributed by atoms with Crippen molar-refractivity contribution in [1.29, 1.82) is 0 Å². The minimum Gasteiger partial charge on any atom is -0.315 e. The monoisotopic (exact) mass is 234 g/mol. The molecule has 0 radical (unpaired) electrons. The van der Waals surface area contributed by atoms with Crippen LogP contribution in [0.3, 0.4) is 0 Å². The van der Waals surface area contributed by atoms with Gasteiger partial charge in [-0.05, 0) is 31.7 Å². The van der Waals surface area contributed by atoms with Gasteiger partial charge in [0.1, 0.15) is 12.2 Å². The molecule has 17 heavy (non-hydrogen) atoms. The number of aromatic nitrogens is 3. The van der Waals surface area contributed by atoms with E-state index in [0.717, 1.165) is 19.0 Å². The number of hydrogen-bond donors (Lipinski definition) is 1. The Morgan fingerprint density at radius 3 is 2.76 bits per heavy atom. The zero-order valence-corrected chi connectivity index (χ0v) is 10.6. The van der Waals surface area contributed by atoms with E-state index in [-0.39, 0.29) is 0 Å². The Labute approximate surface area is 103 Å². The molecule has 1 saturated carbocycles. The van der Waals surface area contributed by atoms with Crippen LogP contribution < -0.4 is 5.32 Å². The Hall–Kier alpha value is -0.900. The maximum atomic E-state index is 4.39. The van der Waals surface area contributed by atoms with Crippen LogP contribution in [-0.2, 0) is 0 Å². The molecule has 1 unspecified atom stereocenters. The second-order valence-electron chi connectivity index (χ2n) is 5.70. The van der Waals surface area contributed by atoms with E-state index < -0.39 is 0 Å². The first-order chi connectivity index (χ1) is 8.34. The summed E-state index contributed by atoms with van der Waals surface area (Å²) in [5.41, 5.74) is 0. The van der Waals surface area contributed by atoms with E-state index in [1.807, 2.05) is 6.33 Å². The summed E-state index contributed by atoms with van der Waals surface area (Å²) in [6.45, 7) is 4.57. The fraction of sp³-hybridized carbons (Fsp3) is 0.846. The van der Waals surface area contributed by atoms with Crippen molar-refractivity contribution >= 4 is 0 Å². The number of rotatable bonds is 2. The van der Waals surface area contributed by atoms with Crippen LogP contribution in [0.4, 0.5) is 0 Å². The first-order valence-corrected chi connectivity index (χ1v) is 6.94. The van der Waals surface area contributed by atoms with Gasteiger partial charge in [-0.1, -0.05) is 19.8 Å². The molecule has 1 aromatic heterocycles. The predicted octanol–water partition coefficient (Wildman–Crippen LogP) is 2.11. The first-order valence-electron chi connectivity index (χ1n) is 6.94. The summed E-state index contributed by atoms with van der Waals surface area (Å²) >= 11 is 0. The molecule has 1 aliphatic carbocycles. The molecule has 1 aliphatic heterocycles. The molecule has 0 spiro atoms. The molecule has 0 bridgehead atoms. The summed E-state index contributed by atoms with van der Waals surface area (Å²) in [6, 6.07) is 0.583. The van der Waals surface area contributed by atoms with Crippen molar-refractivity contribution in [2.24, 2.45) is 5.92 Å². The first kappa shape index (κ1) is 11.2. The fourth-order valence-corrected chi connectivity index (χ4v) is 3.22. The van der Waals surface area contributed by atoms with E-state index in [1.165, 1.54) is 37.9 Å². The van der Waals surface area contributed by atoms with Gasteiger partial charge in [-0.25, -0.2) is 0 Å². The maximum Gasteiger partial charge on any atom is 0.136 e. The second-order valence-corrected chi connectivity index (χ2v) is 5.70. The molecule has 2 aliphatic rings. The van der Waals surface area contributed by atoms with Gasteiger partial charge in [0.15, 0.2) is 0 Å². The topological polar surface area (TPSA) is 42.7 Å². The molecule has 4 nitrogen and oxygen atoms in total. The van der Waals surface area contributed by atoms with E-state index in [1.54, 1.807) is 0 Å². The highest BCUT2D eigenvalue weighted by Crippen LogP contribution is 2.35. The van der Waals surface area contributed by atoms with Gasteiger partial charge in [-0.2, -0.15) is 0 Å². The lowest BCUT2D eigenvalue weighted by molar-refractivity contribution is 0.328. The molecule has 1 atom stereocenters. The normalized spacial score (nSPS) is 34.1. The smallest absolute Gasteiger partial charge is 0.136 e. The summed E-state index contributed by atoms with van der Waals surface area (Å²) in [5, 5.41) is 12.0. The van der Waals surface area contributed by atoms with Gasteiger partial charge in [0.2, 0.25) is 0 Å². The quantitative estimate of drug-likeness (QED) is 0.852. The van der Waals surface area contributed by atoms with Crippen molar-refractivity contribution in [3.8, 4) is 0 Å². The zero-order chi connectivity index (χ0) is 11.7. The molecule has 1 aromatic rings. The lowest BCUT2D eigenvalue weighted by Crippen LogP contribution is -2.19. The average molecular weight is 234 g/mol. The summed E-state index contributed by atoms with van der Waals surface area (Å²) in [4.78, 5) is 0. The average Bonchev–Trinajstić information content (AvgIpc) is 3.00.